The van der Waals surface area contributed by atoms with Crippen molar-refractivity contribution in [3.05, 3.63) is 133 Å². The molecule has 0 saturated heterocycles. The van der Waals surface area contributed by atoms with Gasteiger partial charge in [0.15, 0.2) is 0 Å². The van der Waals surface area contributed by atoms with Crippen molar-refractivity contribution in [1.29, 1.82) is 0 Å². The number of fused-ring (bicyclic) bond motifs is 2. The first-order chi connectivity index (χ1) is 20.7. The molecule has 2 atom stereocenters. The molecule has 4 aromatic carbocycles. The maximum Gasteiger partial charge on any atom is 0.109 e. The number of hydrogen-bond acceptors (Lipinski definition) is 5. The van der Waals surface area contributed by atoms with Crippen molar-refractivity contribution in [3.63, 3.8) is 0 Å². The van der Waals surface area contributed by atoms with Gasteiger partial charge in [-0.1, -0.05) is 97.1 Å². The standard InChI is InChI=1S/C38H38N4S/c1-37(41(3)4,35-25-31(27-17-9-7-10-18-27)29-21-13-15-23-33(29)39-35)43-38(2,42(5)6)36-26-32(28-19-11-8-12-20-28)30-22-14-16-24-34(30)40-36/h7-26H,1-6H3. The van der Waals surface area contributed by atoms with Crippen LogP contribution in [0.5, 0.6) is 0 Å². The Bertz CT molecular complexity index is 1750. The predicted molar refractivity (Wildman–Crippen MR) is 184 cm³/mol. The summed E-state index contributed by atoms with van der Waals surface area (Å²) < 4.78 is 0. The first kappa shape index (κ1) is 29.1. The van der Waals surface area contributed by atoms with Crippen LogP contribution in [-0.2, 0) is 9.74 Å². The number of aromatic nitrogens is 2. The van der Waals surface area contributed by atoms with Gasteiger partial charge in [0.1, 0.15) is 9.74 Å². The van der Waals surface area contributed by atoms with Crippen LogP contribution in [0.1, 0.15) is 25.2 Å². The second kappa shape index (κ2) is 11.6. The number of thioether (sulfide) groups is 1. The van der Waals surface area contributed by atoms with Crippen LogP contribution in [0, 0.1) is 0 Å². The summed E-state index contributed by atoms with van der Waals surface area (Å²) >= 11 is 1.87. The lowest BCUT2D eigenvalue weighted by Crippen LogP contribution is -2.45. The zero-order valence-electron chi connectivity index (χ0n) is 25.7. The van der Waals surface area contributed by atoms with Gasteiger partial charge in [-0.25, -0.2) is 9.97 Å². The van der Waals surface area contributed by atoms with Crippen LogP contribution >= 0.6 is 11.8 Å². The summed E-state index contributed by atoms with van der Waals surface area (Å²) in [6.45, 7) is 4.56. The molecule has 5 heteroatoms. The van der Waals surface area contributed by atoms with E-state index in [1.807, 2.05) is 11.8 Å². The molecule has 0 aliphatic rings. The Morgan fingerprint density at radius 1 is 0.488 bits per heavy atom. The predicted octanol–water partition coefficient (Wildman–Crippen LogP) is 9.02. The molecule has 0 saturated carbocycles. The van der Waals surface area contributed by atoms with Crippen molar-refractivity contribution in [2.45, 2.75) is 23.6 Å². The Balaban J connectivity index is 1.54. The highest BCUT2D eigenvalue weighted by atomic mass is 32.2. The average molecular weight is 583 g/mol. The highest BCUT2D eigenvalue weighted by molar-refractivity contribution is 8.01. The van der Waals surface area contributed by atoms with Gasteiger partial charge >= 0.3 is 0 Å². The number of para-hydroxylation sites is 2. The van der Waals surface area contributed by atoms with Crippen LogP contribution in [0.4, 0.5) is 0 Å². The van der Waals surface area contributed by atoms with Crippen molar-refractivity contribution in [2.75, 3.05) is 28.2 Å². The van der Waals surface area contributed by atoms with Crippen LogP contribution in [-0.4, -0.2) is 48.0 Å². The lowest BCUT2D eigenvalue weighted by molar-refractivity contribution is 0.242. The fourth-order valence-corrected chi connectivity index (χ4v) is 7.23. The van der Waals surface area contributed by atoms with Crippen LogP contribution in [0.2, 0.25) is 0 Å². The van der Waals surface area contributed by atoms with E-state index in [2.05, 4.69) is 173 Å². The normalized spacial score (nSPS) is 14.7. The summed E-state index contributed by atoms with van der Waals surface area (Å²) in [7, 11) is 8.58. The molecule has 0 radical (unpaired) electrons. The molecular formula is C38H38N4S. The van der Waals surface area contributed by atoms with Crippen LogP contribution in [0.15, 0.2) is 121 Å². The number of hydrogen-bond donors (Lipinski definition) is 0. The van der Waals surface area contributed by atoms with Crippen LogP contribution in [0.3, 0.4) is 0 Å². The highest BCUT2D eigenvalue weighted by Gasteiger charge is 2.44. The number of rotatable bonds is 8. The lowest BCUT2D eigenvalue weighted by atomic mass is 9.98. The number of pyridine rings is 2. The minimum atomic E-state index is -0.493. The van der Waals surface area contributed by atoms with Gasteiger partial charge in [0, 0.05) is 10.8 Å². The van der Waals surface area contributed by atoms with E-state index in [9.17, 15) is 0 Å². The second-order valence-corrected chi connectivity index (χ2v) is 13.5. The molecule has 0 aliphatic carbocycles. The van der Waals surface area contributed by atoms with Crippen LogP contribution in [0.25, 0.3) is 44.1 Å². The molecule has 4 nitrogen and oxygen atoms in total. The molecule has 0 fully saturated rings. The van der Waals surface area contributed by atoms with Crippen molar-refractivity contribution in [1.82, 2.24) is 19.8 Å². The van der Waals surface area contributed by atoms with E-state index in [-0.39, 0.29) is 0 Å². The van der Waals surface area contributed by atoms with E-state index in [1.54, 1.807) is 0 Å². The van der Waals surface area contributed by atoms with E-state index in [1.165, 1.54) is 22.3 Å². The third-order valence-electron chi connectivity index (χ3n) is 8.66. The second-order valence-electron chi connectivity index (χ2n) is 11.7. The largest absolute Gasteiger partial charge is 0.290 e. The van der Waals surface area contributed by atoms with Crippen molar-refractivity contribution in [2.24, 2.45) is 0 Å². The van der Waals surface area contributed by atoms with Gasteiger partial charge in [0.05, 0.1) is 22.4 Å². The quantitative estimate of drug-likeness (QED) is 0.167. The molecule has 0 spiro atoms. The third-order valence-corrected chi connectivity index (χ3v) is 10.6. The topological polar surface area (TPSA) is 32.3 Å². The minimum Gasteiger partial charge on any atom is -0.290 e. The minimum absolute atomic E-state index is 0.493. The molecule has 2 aromatic heterocycles. The van der Waals surface area contributed by atoms with Gasteiger partial charge in [-0.05, 0) is 88.6 Å². The summed E-state index contributed by atoms with van der Waals surface area (Å²) in [5.74, 6) is 0. The molecule has 43 heavy (non-hydrogen) atoms. The average Bonchev–Trinajstić information content (AvgIpc) is 3.04. The molecule has 0 amide bonds. The molecule has 6 aromatic rings. The molecule has 0 bridgehead atoms. The van der Waals surface area contributed by atoms with E-state index in [0.29, 0.717) is 0 Å². The number of nitrogens with zero attached hydrogens (tertiary/aromatic N) is 4. The fraction of sp³-hybridized carbons (Fsp3) is 0.211. The molecule has 2 unspecified atom stereocenters. The zero-order chi connectivity index (χ0) is 30.2. The smallest absolute Gasteiger partial charge is 0.109 e. The molecule has 216 valence electrons. The molecular weight excluding hydrogens is 545 g/mol. The van der Waals surface area contributed by atoms with E-state index in [0.717, 1.165) is 33.2 Å². The monoisotopic (exact) mass is 582 g/mol. The van der Waals surface area contributed by atoms with E-state index >= 15 is 0 Å². The summed E-state index contributed by atoms with van der Waals surface area (Å²) in [6, 6.07) is 42.7. The van der Waals surface area contributed by atoms with Crippen molar-refractivity contribution in [3.8, 4) is 22.3 Å². The van der Waals surface area contributed by atoms with Gasteiger partial charge in [0.2, 0.25) is 0 Å². The Labute approximate surface area is 259 Å². The van der Waals surface area contributed by atoms with Crippen LogP contribution < -0.4 is 0 Å². The molecule has 0 N–H and O–H groups in total. The summed E-state index contributed by atoms with van der Waals surface area (Å²) in [6.07, 6.45) is 0. The maximum absolute atomic E-state index is 5.31. The van der Waals surface area contributed by atoms with Gasteiger partial charge in [-0.2, -0.15) is 0 Å². The molecule has 6 rings (SSSR count). The Morgan fingerprint density at radius 2 is 0.837 bits per heavy atom. The Hall–Kier alpha value is -4.03. The first-order valence-electron chi connectivity index (χ1n) is 14.7. The third kappa shape index (κ3) is 5.33. The summed E-state index contributed by atoms with van der Waals surface area (Å²) in [4.78, 5) is 14.2. The number of benzene rings is 4. The Morgan fingerprint density at radius 3 is 1.21 bits per heavy atom. The van der Waals surface area contributed by atoms with Crippen molar-refractivity contribution < 1.29 is 0 Å². The highest BCUT2D eigenvalue weighted by Crippen LogP contribution is 2.52. The van der Waals surface area contributed by atoms with Gasteiger partial charge < -0.3 is 0 Å². The van der Waals surface area contributed by atoms with Gasteiger partial charge in [-0.15, -0.1) is 11.8 Å². The fourth-order valence-electron chi connectivity index (χ4n) is 5.67. The summed E-state index contributed by atoms with van der Waals surface area (Å²) in [5, 5.41) is 2.31. The van der Waals surface area contributed by atoms with E-state index < -0.39 is 9.74 Å². The lowest BCUT2D eigenvalue weighted by Gasteiger charge is -2.45. The first-order valence-corrected chi connectivity index (χ1v) is 15.5. The van der Waals surface area contributed by atoms with E-state index in [4.69, 9.17) is 9.97 Å². The zero-order valence-corrected chi connectivity index (χ0v) is 26.6. The summed E-state index contributed by atoms with van der Waals surface area (Å²) in [5.41, 5.74) is 8.77. The Kier molecular flexibility index (Phi) is 7.82. The van der Waals surface area contributed by atoms with Gasteiger partial charge in [0.25, 0.3) is 0 Å². The molecule has 2 heterocycles. The van der Waals surface area contributed by atoms with Gasteiger partial charge in [-0.3, -0.25) is 9.80 Å². The molecule has 0 aliphatic heterocycles. The van der Waals surface area contributed by atoms with Crippen molar-refractivity contribution >= 4 is 33.6 Å². The SMILES string of the molecule is CN(C)C(C)(SC(C)(c1cc(-c2ccccc2)c2ccccc2n1)N(C)C)c1cc(-c2ccccc2)c2ccccc2n1. The maximum atomic E-state index is 5.31.